The van der Waals surface area contributed by atoms with Crippen LogP contribution in [0.25, 0.3) is 0 Å². The van der Waals surface area contributed by atoms with Crippen LogP contribution in [0.15, 0.2) is 16.9 Å². The minimum absolute atomic E-state index is 0.0709. The molecule has 0 aromatic carbocycles. The highest BCUT2D eigenvalue weighted by Gasteiger charge is 2.20. The minimum Gasteiger partial charge on any atom is -0.480 e. The summed E-state index contributed by atoms with van der Waals surface area (Å²) >= 11 is 0. The van der Waals surface area contributed by atoms with Crippen LogP contribution in [0.5, 0.6) is 0 Å². The van der Waals surface area contributed by atoms with Crippen molar-refractivity contribution in [1.29, 1.82) is 0 Å². The number of carboxylic acid groups (broad SMARTS) is 1. The molecule has 1 aromatic heterocycles. The van der Waals surface area contributed by atoms with Gasteiger partial charge in [0.15, 0.2) is 5.43 Å². The van der Waals surface area contributed by atoms with Crippen molar-refractivity contribution in [2.75, 3.05) is 0 Å². The van der Waals surface area contributed by atoms with Crippen LogP contribution in [-0.4, -0.2) is 33.5 Å². The molecule has 120 valence electrons. The number of primary amides is 1. The molecular formula is C14H19N3O5. The molecule has 0 spiro atoms. The Labute approximate surface area is 126 Å². The van der Waals surface area contributed by atoms with Gasteiger partial charge >= 0.3 is 5.97 Å². The third-order valence-electron chi connectivity index (χ3n) is 3.17. The van der Waals surface area contributed by atoms with Gasteiger partial charge in [-0.1, -0.05) is 0 Å². The second-order valence-electron chi connectivity index (χ2n) is 5.02. The summed E-state index contributed by atoms with van der Waals surface area (Å²) in [6.45, 7) is 3.26. The molecule has 1 rings (SSSR count). The number of carbonyl (C=O) groups is 3. The molecule has 8 nitrogen and oxygen atoms in total. The third-order valence-corrected chi connectivity index (χ3v) is 3.17. The van der Waals surface area contributed by atoms with Crippen LogP contribution in [0.1, 0.15) is 24.2 Å². The maximum atomic E-state index is 12.0. The molecule has 0 aliphatic heterocycles. The molecule has 0 bridgehead atoms. The largest absolute Gasteiger partial charge is 0.480 e. The maximum absolute atomic E-state index is 12.0. The zero-order valence-electron chi connectivity index (χ0n) is 12.5. The lowest BCUT2D eigenvalue weighted by Gasteiger charge is -2.17. The van der Waals surface area contributed by atoms with E-state index in [0.29, 0.717) is 11.4 Å². The van der Waals surface area contributed by atoms with E-state index in [1.807, 2.05) is 0 Å². The number of pyridine rings is 1. The molecule has 4 N–H and O–H groups in total. The predicted octanol–water partition coefficient (Wildman–Crippen LogP) is -0.700. The number of rotatable bonds is 7. The number of carbonyl (C=O) groups excluding carboxylic acids is 2. The van der Waals surface area contributed by atoms with Crippen LogP contribution < -0.4 is 16.5 Å². The van der Waals surface area contributed by atoms with E-state index in [9.17, 15) is 19.2 Å². The first kappa shape index (κ1) is 17.4. The van der Waals surface area contributed by atoms with E-state index in [2.05, 4.69) is 5.32 Å². The van der Waals surface area contributed by atoms with E-state index in [-0.39, 0.29) is 24.8 Å². The zero-order chi connectivity index (χ0) is 16.9. The van der Waals surface area contributed by atoms with Crippen molar-refractivity contribution >= 4 is 17.8 Å². The topological polar surface area (TPSA) is 131 Å². The number of hydrogen-bond acceptors (Lipinski definition) is 4. The van der Waals surface area contributed by atoms with Crippen molar-refractivity contribution in [2.24, 2.45) is 5.73 Å². The van der Waals surface area contributed by atoms with Gasteiger partial charge in [0, 0.05) is 29.9 Å². The summed E-state index contributed by atoms with van der Waals surface area (Å²) in [4.78, 5) is 45.1. The SMILES string of the molecule is Cc1cc(=O)cc(C)n1CC(=O)NC(CCC(N)=O)C(=O)O. The van der Waals surface area contributed by atoms with Crippen LogP contribution in [0.3, 0.4) is 0 Å². The highest BCUT2D eigenvalue weighted by Crippen LogP contribution is 2.03. The Balaban J connectivity index is 2.78. The van der Waals surface area contributed by atoms with Crippen molar-refractivity contribution in [3.8, 4) is 0 Å². The first-order chi connectivity index (χ1) is 10.2. The average molecular weight is 309 g/mol. The van der Waals surface area contributed by atoms with Gasteiger partial charge in [-0.05, 0) is 20.3 Å². The first-order valence-electron chi connectivity index (χ1n) is 6.69. The molecule has 0 fully saturated rings. The Morgan fingerprint density at radius 1 is 1.27 bits per heavy atom. The van der Waals surface area contributed by atoms with E-state index < -0.39 is 23.8 Å². The average Bonchev–Trinajstić information content (AvgIpc) is 2.38. The van der Waals surface area contributed by atoms with Gasteiger partial charge in [0.25, 0.3) is 0 Å². The number of nitrogens with two attached hydrogens (primary N) is 1. The number of nitrogens with one attached hydrogen (secondary N) is 1. The van der Waals surface area contributed by atoms with Crippen molar-refractivity contribution < 1.29 is 19.5 Å². The number of aryl methyl sites for hydroxylation is 2. The number of aromatic nitrogens is 1. The maximum Gasteiger partial charge on any atom is 0.326 e. The van der Waals surface area contributed by atoms with E-state index in [4.69, 9.17) is 10.8 Å². The van der Waals surface area contributed by atoms with Gasteiger partial charge < -0.3 is 20.7 Å². The highest BCUT2D eigenvalue weighted by atomic mass is 16.4. The predicted molar refractivity (Wildman–Crippen MR) is 78.2 cm³/mol. The minimum atomic E-state index is -1.23. The third kappa shape index (κ3) is 5.04. The van der Waals surface area contributed by atoms with Gasteiger partial charge in [-0.2, -0.15) is 0 Å². The smallest absolute Gasteiger partial charge is 0.326 e. The molecule has 1 unspecified atom stereocenters. The van der Waals surface area contributed by atoms with Crippen molar-refractivity contribution in [1.82, 2.24) is 9.88 Å². The highest BCUT2D eigenvalue weighted by molar-refractivity contribution is 5.84. The lowest BCUT2D eigenvalue weighted by Crippen LogP contribution is -2.43. The molecule has 1 atom stereocenters. The van der Waals surface area contributed by atoms with Gasteiger partial charge in [0.05, 0.1) is 0 Å². The van der Waals surface area contributed by atoms with Crippen LogP contribution in [0.4, 0.5) is 0 Å². The second kappa shape index (κ2) is 7.39. The van der Waals surface area contributed by atoms with Crippen molar-refractivity contribution in [2.45, 2.75) is 39.3 Å². The van der Waals surface area contributed by atoms with Gasteiger partial charge in [-0.3, -0.25) is 14.4 Å². The zero-order valence-corrected chi connectivity index (χ0v) is 12.5. The Hall–Kier alpha value is -2.64. The Morgan fingerprint density at radius 3 is 2.27 bits per heavy atom. The number of hydrogen-bond donors (Lipinski definition) is 3. The summed E-state index contributed by atoms with van der Waals surface area (Å²) < 4.78 is 1.60. The fourth-order valence-corrected chi connectivity index (χ4v) is 2.06. The Kier molecular flexibility index (Phi) is 5.85. The van der Waals surface area contributed by atoms with Crippen molar-refractivity contribution in [3.05, 3.63) is 33.7 Å². The van der Waals surface area contributed by atoms with E-state index >= 15 is 0 Å². The summed E-state index contributed by atoms with van der Waals surface area (Å²) in [7, 11) is 0. The molecule has 22 heavy (non-hydrogen) atoms. The summed E-state index contributed by atoms with van der Waals surface area (Å²) in [6, 6.07) is 1.60. The Morgan fingerprint density at radius 2 is 1.82 bits per heavy atom. The summed E-state index contributed by atoms with van der Waals surface area (Å²) in [5, 5.41) is 11.4. The van der Waals surface area contributed by atoms with Crippen LogP contribution in [0.2, 0.25) is 0 Å². The van der Waals surface area contributed by atoms with Crippen LogP contribution in [0, 0.1) is 13.8 Å². The molecule has 2 amide bonds. The van der Waals surface area contributed by atoms with E-state index in [1.165, 1.54) is 12.1 Å². The van der Waals surface area contributed by atoms with Crippen LogP contribution >= 0.6 is 0 Å². The van der Waals surface area contributed by atoms with Crippen molar-refractivity contribution in [3.63, 3.8) is 0 Å². The van der Waals surface area contributed by atoms with Crippen LogP contribution in [-0.2, 0) is 20.9 Å². The number of amides is 2. The quantitative estimate of drug-likeness (QED) is 0.613. The molecule has 0 radical (unpaired) electrons. The number of aliphatic carboxylic acids is 1. The standard InChI is InChI=1S/C14H19N3O5/c1-8-5-10(18)6-9(2)17(8)7-13(20)16-11(14(21)22)3-4-12(15)19/h5-6,11H,3-4,7H2,1-2H3,(H2,15,19)(H,16,20)(H,21,22). The number of nitrogens with zero attached hydrogens (tertiary/aromatic N) is 1. The summed E-state index contributed by atoms with van der Waals surface area (Å²) in [5.41, 5.74) is 6.02. The summed E-state index contributed by atoms with van der Waals surface area (Å²) in [6.07, 6.45) is -0.203. The monoisotopic (exact) mass is 309 g/mol. The van der Waals surface area contributed by atoms with Gasteiger partial charge in [0.2, 0.25) is 11.8 Å². The molecule has 0 saturated heterocycles. The normalized spacial score (nSPS) is 11.7. The lowest BCUT2D eigenvalue weighted by molar-refractivity contribution is -0.142. The molecule has 0 aliphatic carbocycles. The lowest BCUT2D eigenvalue weighted by atomic mass is 10.1. The fraction of sp³-hybridized carbons (Fsp3) is 0.429. The van der Waals surface area contributed by atoms with E-state index in [1.54, 1.807) is 18.4 Å². The molecule has 0 saturated carbocycles. The molecular weight excluding hydrogens is 290 g/mol. The fourth-order valence-electron chi connectivity index (χ4n) is 2.06. The molecule has 0 aliphatic rings. The summed E-state index contributed by atoms with van der Waals surface area (Å²) in [5.74, 6) is -2.39. The molecule has 1 heterocycles. The van der Waals surface area contributed by atoms with Gasteiger partial charge in [0.1, 0.15) is 12.6 Å². The first-order valence-corrected chi connectivity index (χ1v) is 6.69. The van der Waals surface area contributed by atoms with Gasteiger partial charge in [-0.25, -0.2) is 4.79 Å². The second-order valence-corrected chi connectivity index (χ2v) is 5.02. The molecule has 1 aromatic rings. The Bertz CT molecular complexity index is 624. The van der Waals surface area contributed by atoms with Gasteiger partial charge in [-0.15, -0.1) is 0 Å². The van der Waals surface area contributed by atoms with E-state index in [0.717, 1.165) is 0 Å². The molecule has 8 heteroatoms. The number of carboxylic acids is 1.